The first kappa shape index (κ1) is 16.5. The van der Waals surface area contributed by atoms with Crippen molar-refractivity contribution in [1.82, 2.24) is 9.88 Å². The average molecular weight is 277 g/mol. The van der Waals surface area contributed by atoms with Gasteiger partial charge in [0.1, 0.15) is 5.69 Å². The van der Waals surface area contributed by atoms with E-state index in [9.17, 15) is 4.79 Å². The Hall–Kier alpha value is -1.58. The molecule has 0 aliphatic heterocycles. The van der Waals surface area contributed by atoms with Crippen LogP contribution in [0.4, 0.5) is 5.69 Å². The molecule has 0 atom stereocenters. The number of aromatic nitrogens is 1. The number of carbonyl (C=O) groups is 1. The second kappa shape index (κ2) is 8.56. The zero-order valence-electron chi connectivity index (χ0n) is 13.1. The fraction of sp³-hybridized carbons (Fsp3) is 0.625. The quantitative estimate of drug-likeness (QED) is 0.792. The summed E-state index contributed by atoms with van der Waals surface area (Å²) in [5, 5.41) is 3.21. The van der Waals surface area contributed by atoms with Gasteiger partial charge in [0.25, 0.3) is 5.91 Å². The molecule has 1 aromatic heterocycles. The molecule has 0 bridgehead atoms. The van der Waals surface area contributed by atoms with Crippen molar-refractivity contribution in [2.24, 2.45) is 5.92 Å². The predicted molar refractivity (Wildman–Crippen MR) is 84.1 cm³/mol. The fourth-order valence-electron chi connectivity index (χ4n) is 2.24. The lowest BCUT2D eigenvalue weighted by atomic mass is 10.0. The molecule has 0 aliphatic carbocycles. The van der Waals surface area contributed by atoms with E-state index < -0.39 is 0 Å². The average Bonchev–Trinajstić information content (AvgIpc) is 2.49. The van der Waals surface area contributed by atoms with Gasteiger partial charge in [0.05, 0.1) is 0 Å². The van der Waals surface area contributed by atoms with Crippen LogP contribution in [0.2, 0.25) is 0 Å². The minimum atomic E-state index is 0.0270. The first-order valence-corrected chi connectivity index (χ1v) is 7.65. The highest BCUT2D eigenvalue weighted by Crippen LogP contribution is 2.14. The molecule has 0 saturated heterocycles. The summed E-state index contributed by atoms with van der Waals surface area (Å²) in [6.45, 7) is 10.8. The normalized spacial score (nSPS) is 10.7. The molecule has 0 spiro atoms. The third-order valence-electron chi connectivity index (χ3n) is 3.66. The van der Waals surface area contributed by atoms with E-state index in [4.69, 9.17) is 0 Å². The van der Waals surface area contributed by atoms with Gasteiger partial charge in [0.2, 0.25) is 0 Å². The van der Waals surface area contributed by atoms with Crippen molar-refractivity contribution in [3.05, 3.63) is 24.0 Å². The smallest absolute Gasteiger partial charge is 0.272 e. The lowest BCUT2D eigenvalue weighted by Gasteiger charge is -2.25. The maximum atomic E-state index is 12.5. The molecule has 1 amide bonds. The van der Waals surface area contributed by atoms with Crippen LogP contribution in [-0.4, -0.2) is 35.4 Å². The maximum absolute atomic E-state index is 12.5. The summed E-state index contributed by atoms with van der Waals surface area (Å²) in [6, 6.07) is 3.72. The number of nitrogens with zero attached hydrogens (tertiary/aromatic N) is 2. The number of hydrogen-bond donors (Lipinski definition) is 1. The van der Waals surface area contributed by atoms with Crippen molar-refractivity contribution in [2.45, 2.75) is 40.5 Å². The predicted octanol–water partition coefficient (Wildman–Crippen LogP) is 3.41. The van der Waals surface area contributed by atoms with E-state index in [1.807, 2.05) is 30.9 Å². The Kier molecular flexibility index (Phi) is 7.05. The van der Waals surface area contributed by atoms with Crippen molar-refractivity contribution >= 4 is 11.6 Å². The first-order chi connectivity index (χ1) is 9.65. The van der Waals surface area contributed by atoms with Gasteiger partial charge in [-0.15, -0.1) is 0 Å². The monoisotopic (exact) mass is 277 g/mol. The van der Waals surface area contributed by atoms with E-state index in [1.165, 1.54) is 0 Å². The third kappa shape index (κ3) is 4.51. The summed E-state index contributed by atoms with van der Waals surface area (Å²) in [7, 11) is 0. The van der Waals surface area contributed by atoms with Gasteiger partial charge in [0.15, 0.2) is 0 Å². The number of rotatable bonds is 8. The van der Waals surface area contributed by atoms with Crippen LogP contribution in [0.3, 0.4) is 0 Å². The van der Waals surface area contributed by atoms with Crippen LogP contribution in [0.1, 0.15) is 51.0 Å². The summed E-state index contributed by atoms with van der Waals surface area (Å²) in [5.74, 6) is 0.593. The zero-order valence-corrected chi connectivity index (χ0v) is 13.1. The molecule has 0 fully saturated rings. The van der Waals surface area contributed by atoms with Gasteiger partial charge in [-0.25, -0.2) is 0 Å². The van der Waals surface area contributed by atoms with Crippen LogP contribution in [0.5, 0.6) is 0 Å². The van der Waals surface area contributed by atoms with Gasteiger partial charge in [-0.1, -0.05) is 26.7 Å². The Morgan fingerprint density at radius 2 is 2.00 bits per heavy atom. The third-order valence-corrected chi connectivity index (χ3v) is 3.66. The fourth-order valence-corrected chi connectivity index (χ4v) is 2.24. The van der Waals surface area contributed by atoms with Gasteiger partial charge < -0.3 is 10.2 Å². The minimum Gasteiger partial charge on any atom is -0.385 e. The molecule has 0 radical (unpaired) electrons. The highest BCUT2D eigenvalue weighted by molar-refractivity contribution is 5.93. The van der Waals surface area contributed by atoms with Crippen LogP contribution in [0, 0.1) is 5.92 Å². The number of pyridine rings is 1. The molecule has 1 rings (SSSR count). The van der Waals surface area contributed by atoms with Gasteiger partial charge in [-0.2, -0.15) is 0 Å². The topological polar surface area (TPSA) is 45.2 Å². The standard InChI is InChI=1S/C16H27N3O/c1-5-13(6-2)12-19(8-4)16(20)15-11-14(17-7-3)9-10-18-15/h9-11,13H,5-8,12H2,1-4H3,(H,17,18). The highest BCUT2D eigenvalue weighted by atomic mass is 16.2. The van der Waals surface area contributed by atoms with Crippen LogP contribution < -0.4 is 5.32 Å². The lowest BCUT2D eigenvalue weighted by molar-refractivity contribution is 0.0729. The maximum Gasteiger partial charge on any atom is 0.272 e. The molecule has 4 nitrogen and oxygen atoms in total. The molecule has 4 heteroatoms. The molecule has 0 saturated carbocycles. The number of nitrogens with one attached hydrogen (secondary N) is 1. The van der Waals surface area contributed by atoms with Gasteiger partial charge in [-0.05, 0) is 31.9 Å². The second-order valence-electron chi connectivity index (χ2n) is 4.99. The second-order valence-corrected chi connectivity index (χ2v) is 4.99. The Labute approximate surface area is 122 Å². The van der Waals surface area contributed by atoms with Crippen molar-refractivity contribution in [3.63, 3.8) is 0 Å². The van der Waals surface area contributed by atoms with Crippen LogP contribution in [-0.2, 0) is 0 Å². The molecule has 20 heavy (non-hydrogen) atoms. The first-order valence-electron chi connectivity index (χ1n) is 7.65. The van der Waals surface area contributed by atoms with E-state index in [0.717, 1.165) is 38.2 Å². The molecule has 1 heterocycles. The molecule has 0 aliphatic rings. The summed E-state index contributed by atoms with van der Waals surface area (Å²) in [4.78, 5) is 18.7. The van der Waals surface area contributed by atoms with Crippen LogP contribution in [0.25, 0.3) is 0 Å². The van der Waals surface area contributed by atoms with E-state index in [2.05, 4.69) is 24.1 Å². The Balaban J connectivity index is 2.82. The Morgan fingerprint density at radius 1 is 1.30 bits per heavy atom. The van der Waals surface area contributed by atoms with E-state index >= 15 is 0 Å². The lowest BCUT2D eigenvalue weighted by Crippen LogP contribution is -2.35. The molecular weight excluding hydrogens is 250 g/mol. The van der Waals surface area contributed by atoms with Crippen molar-refractivity contribution in [1.29, 1.82) is 0 Å². The largest absolute Gasteiger partial charge is 0.385 e. The van der Waals surface area contributed by atoms with Gasteiger partial charge >= 0.3 is 0 Å². The molecule has 112 valence electrons. The minimum absolute atomic E-state index is 0.0270. The molecule has 0 unspecified atom stereocenters. The van der Waals surface area contributed by atoms with Crippen LogP contribution in [0.15, 0.2) is 18.3 Å². The van der Waals surface area contributed by atoms with Gasteiger partial charge in [-0.3, -0.25) is 9.78 Å². The number of hydrogen-bond acceptors (Lipinski definition) is 3. The van der Waals surface area contributed by atoms with Crippen molar-refractivity contribution < 1.29 is 4.79 Å². The van der Waals surface area contributed by atoms with Gasteiger partial charge in [0, 0.05) is 31.5 Å². The number of anilines is 1. The summed E-state index contributed by atoms with van der Waals surface area (Å²) in [6.07, 6.45) is 3.90. The Morgan fingerprint density at radius 3 is 2.55 bits per heavy atom. The SMILES string of the molecule is CCNc1ccnc(C(=O)N(CC)CC(CC)CC)c1. The van der Waals surface area contributed by atoms with E-state index in [-0.39, 0.29) is 5.91 Å². The van der Waals surface area contributed by atoms with E-state index in [0.29, 0.717) is 11.6 Å². The van der Waals surface area contributed by atoms with E-state index in [1.54, 1.807) is 6.20 Å². The summed E-state index contributed by atoms with van der Waals surface area (Å²) >= 11 is 0. The summed E-state index contributed by atoms with van der Waals surface area (Å²) < 4.78 is 0. The molecule has 0 aromatic carbocycles. The molecular formula is C16H27N3O. The number of carbonyl (C=O) groups excluding carboxylic acids is 1. The summed E-state index contributed by atoms with van der Waals surface area (Å²) in [5.41, 5.74) is 1.47. The van der Waals surface area contributed by atoms with Crippen molar-refractivity contribution in [3.8, 4) is 0 Å². The van der Waals surface area contributed by atoms with Crippen LogP contribution >= 0.6 is 0 Å². The zero-order chi connectivity index (χ0) is 15.0. The number of amides is 1. The molecule has 1 aromatic rings. The molecule has 1 N–H and O–H groups in total. The van der Waals surface area contributed by atoms with Crippen molar-refractivity contribution in [2.75, 3.05) is 25.0 Å². The Bertz CT molecular complexity index is 416. The highest BCUT2D eigenvalue weighted by Gasteiger charge is 2.18.